The van der Waals surface area contributed by atoms with Gasteiger partial charge in [0.15, 0.2) is 5.76 Å². The van der Waals surface area contributed by atoms with Crippen molar-refractivity contribution in [2.75, 3.05) is 12.8 Å². The molecule has 1 aliphatic carbocycles. The van der Waals surface area contributed by atoms with Crippen LogP contribution in [0.15, 0.2) is 10.9 Å². The second-order valence-electron chi connectivity index (χ2n) is 7.45. The molecule has 1 amide bonds. The first-order valence-electron chi connectivity index (χ1n) is 8.87. The molecule has 134 valence electrons. The van der Waals surface area contributed by atoms with E-state index in [0.717, 1.165) is 35.1 Å². The van der Waals surface area contributed by atoms with E-state index in [9.17, 15) is 4.79 Å². The molecule has 2 aliphatic rings. The van der Waals surface area contributed by atoms with Crippen molar-refractivity contribution >= 4 is 22.8 Å². The van der Waals surface area contributed by atoms with Gasteiger partial charge in [-0.2, -0.15) is 0 Å². The van der Waals surface area contributed by atoms with Crippen LogP contribution in [0.5, 0.6) is 0 Å². The first kappa shape index (κ1) is 15.4. The summed E-state index contributed by atoms with van der Waals surface area (Å²) in [6.07, 6.45) is 3.54. The van der Waals surface area contributed by atoms with Gasteiger partial charge in [-0.3, -0.25) is 4.79 Å². The Bertz CT molecular complexity index is 1060. The zero-order valence-corrected chi connectivity index (χ0v) is 15.0. The second-order valence-corrected chi connectivity index (χ2v) is 7.45. The van der Waals surface area contributed by atoms with Gasteiger partial charge in [-0.25, -0.2) is 9.97 Å². The Kier molecular flexibility index (Phi) is 2.99. The molecule has 26 heavy (non-hydrogen) atoms. The number of hydrogen-bond acceptors (Lipinski definition) is 6. The number of amides is 1. The lowest BCUT2D eigenvalue weighted by Crippen LogP contribution is -2.26. The fourth-order valence-corrected chi connectivity index (χ4v) is 3.96. The molecule has 1 fully saturated rings. The molecule has 2 N–H and O–H groups in total. The van der Waals surface area contributed by atoms with Crippen LogP contribution < -0.4 is 5.73 Å². The number of rotatable bonds is 2. The third-order valence-electron chi connectivity index (χ3n) is 5.28. The molecule has 1 aliphatic heterocycles. The minimum atomic E-state index is -0.0572. The van der Waals surface area contributed by atoms with Gasteiger partial charge >= 0.3 is 0 Å². The van der Waals surface area contributed by atoms with Crippen molar-refractivity contribution in [1.29, 1.82) is 0 Å². The molecule has 3 aromatic rings. The summed E-state index contributed by atoms with van der Waals surface area (Å²) in [5, 5.41) is 5.07. The van der Waals surface area contributed by atoms with Gasteiger partial charge in [-0.1, -0.05) is 5.16 Å². The van der Waals surface area contributed by atoms with E-state index in [0.29, 0.717) is 29.4 Å². The summed E-state index contributed by atoms with van der Waals surface area (Å²) in [4.78, 5) is 23.5. The smallest absolute Gasteiger partial charge is 0.259 e. The SMILES string of the molecule is CC(C)n1c2c(c3c(N)ncnc31)-c1noc(C3CC3)c1C(=O)N(C)C2. The van der Waals surface area contributed by atoms with Crippen molar-refractivity contribution in [3.63, 3.8) is 0 Å². The highest BCUT2D eigenvalue weighted by molar-refractivity contribution is 6.09. The molecule has 8 heteroatoms. The molecule has 3 aromatic heterocycles. The van der Waals surface area contributed by atoms with Crippen molar-refractivity contribution in [3.05, 3.63) is 23.3 Å². The number of nitrogens with two attached hydrogens (primary N) is 1. The maximum Gasteiger partial charge on any atom is 0.259 e. The number of nitrogen functional groups attached to an aromatic ring is 1. The van der Waals surface area contributed by atoms with E-state index in [1.54, 1.807) is 4.90 Å². The molecule has 0 aromatic carbocycles. The van der Waals surface area contributed by atoms with E-state index in [4.69, 9.17) is 10.3 Å². The molecule has 0 atom stereocenters. The van der Waals surface area contributed by atoms with E-state index in [1.807, 2.05) is 7.05 Å². The lowest BCUT2D eigenvalue weighted by Gasteiger charge is -2.19. The first-order valence-corrected chi connectivity index (χ1v) is 8.87. The average Bonchev–Trinajstić information content (AvgIpc) is 3.28. The summed E-state index contributed by atoms with van der Waals surface area (Å²) < 4.78 is 7.76. The number of aromatic nitrogens is 4. The maximum absolute atomic E-state index is 13.1. The third kappa shape index (κ3) is 1.89. The molecule has 8 nitrogen and oxygen atoms in total. The van der Waals surface area contributed by atoms with Crippen LogP contribution in [0, 0.1) is 0 Å². The molecule has 1 saturated carbocycles. The van der Waals surface area contributed by atoms with Crippen LogP contribution in [-0.2, 0) is 6.54 Å². The monoisotopic (exact) mass is 352 g/mol. The number of nitrogens with zero attached hydrogens (tertiary/aromatic N) is 5. The Balaban J connectivity index is 1.93. The van der Waals surface area contributed by atoms with Crippen LogP contribution in [0.25, 0.3) is 22.3 Å². The van der Waals surface area contributed by atoms with Gasteiger partial charge in [0.1, 0.15) is 29.0 Å². The fraction of sp³-hybridized carbons (Fsp3) is 0.444. The zero-order valence-electron chi connectivity index (χ0n) is 15.0. The van der Waals surface area contributed by atoms with Gasteiger partial charge in [-0.15, -0.1) is 0 Å². The van der Waals surface area contributed by atoms with Gasteiger partial charge in [0.2, 0.25) is 0 Å². The third-order valence-corrected chi connectivity index (χ3v) is 5.28. The van der Waals surface area contributed by atoms with Crippen LogP contribution in [0.2, 0.25) is 0 Å². The topological polar surface area (TPSA) is 103 Å². The number of fused-ring (bicyclic) bond motifs is 5. The van der Waals surface area contributed by atoms with E-state index < -0.39 is 0 Å². The molecule has 0 bridgehead atoms. The highest BCUT2D eigenvalue weighted by atomic mass is 16.5. The Labute approximate surface area is 150 Å². The molecule has 0 saturated heterocycles. The van der Waals surface area contributed by atoms with Crippen LogP contribution >= 0.6 is 0 Å². The van der Waals surface area contributed by atoms with Crippen molar-refractivity contribution in [3.8, 4) is 11.3 Å². The van der Waals surface area contributed by atoms with E-state index in [-0.39, 0.29) is 17.9 Å². The van der Waals surface area contributed by atoms with E-state index >= 15 is 0 Å². The number of anilines is 1. The van der Waals surface area contributed by atoms with Crippen LogP contribution in [0.4, 0.5) is 5.82 Å². The standard InChI is InChI=1S/C18H20N6O2/c1-8(2)24-10-6-23(3)18(25)13-14(22-26-15(13)9-4-5-9)11(10)12-16(19)20-7-21-17(12)24/h7-9H,4-6H2,1-3H3,(H2,19,20,21). The quantitative estimate of drug-likeness (QED) is 0.760. The van der Waals surface area contributed by atoms with Crippen molar-refractivity contribution in [2.24, 2.45) is 0 Å². The average molecular weight is 352 g/mol. The lowest BCUT2D eigenvalue weighted by molar-refractivity contribution is 0.0782. The predicted molar refractivity (Wildman–Crippen MR) is 95.6 cm³/mol. The van der Waals surface area contributed by atoms with Crippen LogP contribution in [0.1, 0.15) is 60.5 Å². The Hall–Kier alpha value is -2.90. The summed E-state index contributed by atoms with van der Waals surface area (Å²) in [7, 11) is 1.81. The Morgan fingerprint density at radius 2 is 2.04 bits per heavy atom. The minimum Gasteiger partial charge on any atom is -0.383 e. The van der Waals surface area contributed by atoms with Gasteiger partial charge in [0.05, 0.1) is 11.9 Å². The molecular formula is C18H20N6O2. The van der Waals surface area contributed by atoms with Crippen LogP contribution in [-0.4, -0.2) is 37.5 Å². The molecule has 0 radical (unpaired) electrons. The molecule has 4 heterocycles. The summed E-state index contributed by atoms with van der Waals surface area (Å²) in [6.45, 7) is 4.64. The molecule has 5 rings (SSSR count). The van der Waals surface area contributed by atoms with Crippen molar-refractivity contribution < 1.29 is 9.32 Å². The maximum atomic E-state index is 13.1. The minimum absolute atomic E-state index is 0.0572. The van der Waals surface area contributed by atoms with Gasteiger partial charge in [0.25, 0.3) is 5.91 Å². The number of hydrogen-bond donors (Lipinski definition) is 1. The normalized spacial score (nSPS) is 16.9. The van der Waals surface area contributed by atoms with Gasteiger partial charge in [0, 0.05) is 30.3 Å². The highest BCUT2D eigenvalue weighted by Gasteiger charge is 2.40. The predicted octanol–water partition coefficient (Wildman–Crippen LogP) is 2.71. The fourth-order valence-electron chi connectivity index (χ4n) is 3.96. The van der Waals surface area contributed by atoms with Crippen molar-refractivity contribution in [2.45, 2.75) is 45.2 Å². The van der Waals surface area contributed by atoms with E-state index in [2.05, 4.69) is 33.5 Å². The Morgan fingerprint density at radius 1 is 1.27 bits per heavy atom. The summed E-state index contributed by atoms with van der Waals surface area (Å²) in [5.74, 6) is 1.32. The lowest BCUT2D eigenvalue weighted by atomic mass is 10.0. The second kappa shape index (κ2) is 5.06. The van der Waals surface area contributed by atoms with Gasteiger partial charge in [-0.05, 0) is 26.7 Å². The largest absolute Gasteiger partial charge is 0.383 e. The molecular weight excluding hydrogens is 332 g/mol. The number of carbonyl (C=O) groups excluding carboxylic acids is 1. The summed E-state index contributed by atoms with van der Waals surface area (Å²) >= 11 is 0. The van der Waals surface area contributed by atoms with Gasteiger partial charge < -0.3 is 19.7 Å². The van der Waals surface area contributed by atoms with Crippen LogP contribution in [0.3, 0.4) is 0 Å². The molecule has 0 spiro atoms. The first-order chi connectivity index (χ1) is 12.5. The van der Waals surface area contributed by atoms with Crippen molar-refractivity contribution in [1.82, 2.24) is 24.6 Å². The zero-order chi connectivity index (χ0) is 18.2. The molecule has 0 unspecified atom stereocenters. The number of carbonyl (C=O) groups is 1. The summed E-state index contributed by atoms with van der Waals surface area (Å²) in [5.41, 5.74) is 9.93. The Morgan fingerprint density at radius 3 is 2.73 bits per heavy atom. The van der Waals surface area contributed by atoms with E-state index in [1.165, 1.54) is 6.33 Å². The highest BCUT2D eigenvalue weighted by Crippen LogP contribution is 2.48. The summed E-state index contributed by atoms with van der Waals surface area (Å²) in [6, 6.07) is 0.149.